The van der Waals surface area contributed by atoms with Crippen molar-refractivity contribution < 1.29 is 9.72 Å². The molecule has 1 aliphatic heterocycles. The van der Waals surface area contributed by atoms with E-state index in [1.165, 1.54) is 12.1 Å². The smallest absolute Gasteiger partial charge is 0.269 e. The molecule has 1 N–H and O–H groups in total. The van der Waals surface area contributed by atoms with Crippen LogP contribution in [-0.4, -0.2) is 41.9 Å². The van der Waals surface area contributed by atoms with Gasteiger partial charge < -0.3 is 10.2 Å². The maximum absolute atomic E-state index is 12.4. The number of hydrogen-bond acceptors (Lipinski definition) is 4. The number of amides is 1. The second kappa shape index (κ2) is 6.67. The van der Waals surface area contributed by atoms with Gasteiger partial charge in [-0.15, -0.1) is 0 Å². The normalized spacial score (nSPS) is 19.2. The van der Waals surface area contributed by atoms with E-state index in [1.54, 1.807) is 31.0 Å². The highest BCUT2D eigenvalue weighted by atomic mass is 16.6. The fraction of sp³-hybridized carbons (Fsp3) is 0.533. The predicted octanol–water partition coefficient (Wildman–Crippen LogP) is 1.91. The fourth-order valence-electron chi connectivity index (χ4n) is 2.71. The molecule has 0 spiro atoms. The first-order valence-electron chi connectivity index (χ1n) is 7.21. The Labute approximate surface area is 124 Å². The SMILES string of the molecule is CC(C(=O)N(C)CC1CCCN1)c1cccc([N+](=O)[O-])c1. The number of carbonyl (C=O) groups is 1. The van der Waals surface area contributed by atoms with Crippen molar-refractivity contribution in [3.63, 3.8) is 0 Å². The van der Waals surface area contributed by atoms with Crippen molar-refractivity contribution in [2.45, 2.75) is 31.7 Å². The molecule has 0 aliphatic carbocycles. The Bertz CT molecular complexity index is 527. The quantitative estimate of drug-likeness (QED) is 0.664. The molecule has 1 fully saturated rings. The van der Waals surface area contributed by atoms with Crippen molar-refractivity contribution in [2.75, 3.05) is 20.1 Å². The largest absolute Gasteiger partial charge is 0.344 e. The number of non-ortho nitro benzene ring substituents is 1. The lowest BCUT2D eigenvalue weighted by Crippen LogP contribution is -2.40. The molecule has 0 saturated carbocycles. The third-order valence-electron chi connectivity index (χ3n) is 3.98. The van der Waals surface area contributed by atoms with E-state index in [2.05, 4.69) is 5.32 Å². The van der Waals surface area contributed by atoms with Crippen molar-refractivity contribution in [2.24, 2.45) is 0 Å². The van der Waals surface area contributed by atoms with E-state index in [0.29, 0.717) is 18.2 Å². The molecule has 0 aromatic heterocycles. The number of nitrogens with one attached hydrogen (secondary N) is 1. The summed E-state index contributed by atoms with van der Waals surface area (Å²) < 4.78 is 0. The van der Waals surface area contributed by atoms with Crippen molar-refractivity contribution in [3.05, 3.63) is 39.9 Å². The van der Waals surface area contributed by atoms with Gasteiger partial charge in [0, 0.05) is 31.8 Å². The summed E-state index contributed by atoms with van der Waals surface area (Å²) in [5, 5.41) is 14.2. The fourth-order valence-corrected chi connectivity index (χ4v) is 2.71. The first kappa shape index (κ1) is 15.4. The van der Waals surface area contributed by atoms with Gasteiger partial charge >= 0.3 is 0 Å². The average Bonchev–Trinajstić information content (AvgIpc) is 2.98. The summed E-state index contributed by atoms with van der Waals surface area (Å²) in [5.74, 6) is -0.388. The number of nitro groups is 1. The highest BCUT2D eigenvalue weighted by Crippen LogP contribution is 2.22. The lowest BCUT2D eigenvalue weighted by Gasteiger charge is -2.24. The van der Waals surface area contributed by atoms with E-state index in [-0.39, 0.29) is 17.5 Å². The Morgan fingerprint density at radius 1 is 1.57 bits per heavy atom. The van der Waals surface area contributed by atoms with E-state index in [4.69, 9.17) is 0 Å². The molecule has 6 heteroatoms. The molecule has 2 atom stereocenters. The number of likely N-dealkylation sites (N-methyl/N-ethyl adjacent to an activating group) is 1. The number of nitrogens with zero attached hydrogens (tertiary/aromatic N) is 2. The summed E-state index contributed by atoms with van der Waals surface area (Å²) in [6, 6.07) is 6.65. The number of hydrogen-bond donors (Lipinski definition) is 1. The standard InChI is InChI=1S/C15H21N3O3/c1-11(12-5-3-7-14(9-12)18(20)21)15(19)17(2)10-13-6-4-8-16-13/h3,5,7,9,11,13,16H,4,6,8,10H2,1-2H3. The van der Waals surface area contributed by atoms with Gasteiger partial charge in [0.15, 0.2) is 0 Å². The molecule has 21 heavy (non-hydrogen) atoms. The van der Waals surface area contributed by atoms with Crippen molar-refractivity contribution >= 4 is 11.6 Å². The molecule has 0 bridgehead atoms. The number of benzene rings is 1. The summed E-state index contributed by atoms with van der Waals surface area (Å²) in [7, 11) is 1.79. The molecule has 1 aromatic rings. The van der Waals surface area contributed by atoms with E-state index in [1.807, 2.05) is 0 Å². The molecule has 1 aromatic carbocycles. The third kappa shape index (κ3) is 3.78. The summed E-state index contributed by atoms with van der Waals surface area (Å²) in [6.07, 6.45) is 2.23. The van der Waals surface area contributed by atoms with Gasteiger partial charge in [0.1, 0.15) is 0 Å². The maximum Gasteiger partial charge on any atom is 0.269 e. The van der Waals surface area contributed by atoms with Gasteiger partial charge in [-0.1, -0.05) is 12.1 Å². The molecule has 114 valence electrons. The Morgan fingerprint density at radius 3 is 2.95 bits per heavy atom. The second-order valence-electron chi connectivity index (χ2n) is 5.59. The van der Waals surface area contributed by atoms with Crippen LogP contribution >= 0.6 is 0 Å². The Balaban J connectivity index is 2.03. The van der Waals surface area contributed by atoms with Crippen LogP contribution in [0.2, 0.25) is 0 Å². The molecule has 0 radical (unpaired) electrons. The molecule has 2 unspecified atom stereocenters. The van der Waals surface area contributed by atoms with E-state index in [0.717, 1.165) is 19.4 Å². The second-order valence-corrected chi connectivity index (χ2v) is 5.59. The van der Waals surface area contributed by atoms with Crippen molar-refractivity contribution in [3.8, 4) is 0 Å². The average molecular weight is 291 g/mol. The highest BCUT2D eigenvalue weighted by molar-refractivity contribution is 5.83. The van der Waals surface area contributed by atoms with Gasteiger partial charge in [0.2, 0.25) is 5.91 Å². The van der Waals surface area contributed by atoms with Crippen LogP contribution in [0, 0.1) is 10.1 Å². The van der Waals surface area contributed by atoms with Gasteiger partial charge in [-0.25, -0.2) is 0 Å². The molecular formula is C15H21N3O3. The zero-order valence-corrected chi connectivity index (χ0v) is 12.4. The highest BCUT2D eigenvalue weighted by Gasteiger charge is 2.24. The maximum atomic E-state index is 12.4. The van der Waals surface area contributed by atoms with Crippen LogP contribution in [0.3, 0.4) is 0 Å². The van der Waals surface area contributed by atoms with Crippen LogP contribution in [0.1, 0.15) is 31.2 Å². The molecule has 6 nitrogen and oxygen atoms in total. The van der Waals surface area contributed by atoms with Crippen molar-refractivity contribution in [1.29, 1.82) is 0 Å². The monoisotopic (exact) mass is 291 g/mol. The van der Waals surface area contributed by atoms with Gasteiger partial charge in [0.05, 0.1) is 10.8 Å². The number of rotatable bonds is 5. The van der Waals surface area contributed by atoms with E-state index in [9.17, 15) is 14.9 Å². The van der Waals surface area contributed by atoms with Crippen LogP contribution in [-0.2, 0) is 4.79 Å². The van der Waals surface area contributed by atoms with Crippen LogP contribution in [0.5, 0.6) is 0 Å². The van der Waals surface area contributed by atoms with Crippen LogP contribution in [0.25, 0.3) is 0 Å². The predicted molar refractivity (Wildman–Crippen MR) is 80.2 cm³/mol. The lowest BCUT2D eigenvalue weighted by atomic mass is 9.99. The lowest BCUT2D eigenvalue weighted by molar-refractivity contribution is -0.384. The van der Waals surface area contributed by atoms with Crippen LogP contribution in [0.15, 0.2) is 24.3 Å². The summed E-state index contributed by atoms with van der Waals surface area (Å²) >= 11 is 0. The Kier molecular flexibility index (Phi) is 4.90. The van der Waals surface area contributed by atoms with Crippen molar-refractivity contribution in [1.82, 2.24) is 10.2 Å². The Morgan fingerprint density at radius 2 is 2.33 bits per heavy atom. The summed E-state index contributed by atoms with van der Waals surface area (Å²) in [6.45, 7) is 3.48. The van der Waals surface area contributed by atoms with Crippen LogP contribution in [0.4, 0.5) is 5.69 Å². The first-order valence-corrected chi connectivity index (χ1v) is 7.21. The molecule has 1 amide bonds. The van der Waals surface area contributed by atoms with E-state index < -0.39 is 4.92 Å². The molecule has 1 aliphatic rings. The minimum absolute atomic E-state index is 0.0100. The third-order valence-corrected chi connectivity index (χ3v) is 3.98. The minimum atomic E-state index is -0.438. The minimum Gasteiger partial charge on any atom is -0.344 e. The Hall–Kier alpha value is -1.95. The summed E-state index contributed by atoms with van der Waals surface area (Å²) in [4.78, 5) is 24.5. The molecular weight excluding hydrogens is 270 g/mol. The number of carbonyl (C=O) groups excluding carboxylic acids is 1. The first-order chi connectivity index (χ1) is 9.99. The zero-order valence-electron chi connectivity index (χ0n) is 12.4. The van der Waals surface area contributed by atoms with E-state index >= 15 is 0 Å². The number of nitro benzene ring substituents is 1. The molecule has 2 rings (SSSR count). The van der Waals surface area contributed by atoms with Gasteiger partial charge in [-0.3, -0.25) is 14.9 Å². The van der Waals surface area contributed by atoms with Gasteiger partial charge in [-0.05, 0) is 31.9 Å². The van der Waals surface area contributed by atoms with Gasteiger partial charge in [-0.2, -0.15) is 0 Å². The molecule has 1 heterocycles. The topological polar surface area (TPSA) is 75.5 Å². The van der Waals surface area contributed by atoms with Crippen LogP contribution < -0.4 is 5.32 Å². The van der Waals surface area contributed by atoms with Gasteiger partial charge in [0.25, 0.3) is 5.69 Å². The summed E-state index contributed by atoms with van der Waals surface area (Å²) in [5.41, 5.74) is 0.702. The zero-order chi connectivity index (χ0) is 15.4. The molecule has 1 saturated heterocycles.